The fraction of sp³-hybridized carbons (Fsp3) is 0.562. The standard InChI is InChI=1S/C16H27N3O4S/c1-18(2)11-12-19(24(4,21)22)10-9-16(20)17-13-14-5-7-15(23-3)8-6-14/h5-8H,9-13H2,1-4H3,(H,17,20). The molecule has 0 fully saturated rings. The number of hydrogen-bond donors (Lipinski definition) is 1. The van der Waals surface area contributed by atoms with Crippen LogP contribution in [0.5, 0.6) is 5.75 Å². The summed E-state index contributed by atoms with van der Waals surface area (Å²) in [6.45, 7) is 1.57. The first-order valence-electron chi connectivity index (χ1n) is 7.72. The predicted octanol–water partition coefficient (Wildman–Crippen LogP) is 0.525. The molecule has 0 radical (unpaired) electrons. The lowest BCUT2D eigenvalue weighted by Gasteiger charge is -2.21. The largest absolute Gasteiger partial charge is 0.497 e. The fourth-order valence-electron chi connectivity index (χ4n) is 2.01. The van der Waals surface area contributed by atoms with Crippen molar-refractivity contribution in [1.82, 2.24) is 14.5 Å². The highest BCUT2D eigenvalue weighted by Gasteiger charge is 2.17. The minimum Gasteiger partial charge on any atom is -0.497 e. The number of carbonyl (C=O) groups is 1. The molecule has 8 heteroatoms. The van der Waals surface area contributed by atoms with E-state index in [2.05, 4.69) is 5.32 Å². The van der Waals surface area contributed by atoms with Gasteiger partial charge < -0.3 is 15.0 Å². The number of hydrogen-bond acceptors (Lipinski definition) is 5. The minimum atomic E-state index is -3.32. The first kappa shape index (κ1) is 20.4. The summed E-state index contributed by atoms with van der Waals surface area (Å²) in [6, 6.07) is 7.40. The van der Waals surface area contributed by atoms with Crippen molar-refractivity contribution in [2.24, 2.45) is 0 Å². The Labute approximate surface area is 144 Å². The van der Waals surface area contributed by atoms with Crippen molar-refractivity contribution in [3.05, 3.63) is 29.8 Å². The number of rotatable bonds is 10. The van der Waals surface area contributed by atoms with Crippen molar-refractivity contribution in [3.8, 4) is 5.75 Å². The second-order valence-electron chi connectivity index (χ2n) is 5.84. The Morgan fingerprint density at radius 1 is 1.12 bits per heavy atom. The van der Waals surface area contributed by atoms with Crippen LogP contribution in [-0.4, -0.2) is 70.6 Å². The molecule has 0 saturated carbocycles. The van der Waals surface area contributed by atoms with E-state index in [0.717, 1.165) is 17.6 Å². The molecule has 136 valence electrons. The van der Waals surface area contributed by atoms with Crippen LogP contribution >= 0.6 is 0 Å². The average molecular weight is 357 g/mol. The summed E-state index contributed by atoms with van der Waals surface area (Å²) in [7, 11) is 2.03. The first-order valence-corrected chi connectivity index (χ1v) is 9.56. The highest BCUT2D eigenvalue weighted by Crippen LogP contribution is 2.11. The van der Waals surface area contributed by atoms with E-state index in [9.17, 15) is 13.2 Å². The molecule has 0 aromatic heterocycles. The van der Waals surface area contributed by atoms with Crippen LogP contribution in [0.25, 0.3) is 0 Å². The van der Waals surface area contributed by atoms with Gasteiger partial charge in [0.05, 0.1) is 13.4 Å². The van der Waals surface area contributed by atoms with Crippen LogP contribution in [0, 0.1) is 0 Å². The van der Waals surface area contributed by atoms with E-state index >= 15 is 0 Å². The van der Waals surface area contributed by atoms with Gasteiger partial charge in [0.2, 0.25) is 15.9 Å². The van der Waals surface area contributed by atoms with Crippen LogP contribution in [0.1, 0.15) is 12.0 Å². The number of sulfonamides is 1. The second kappa shape index (κ2) is 9.61. The van der Waals surface area contributed by atoms with Gasteiger partial charge in [0.15, 0.2) is 0 Å². The Balaban J connectivity index is 2.44. The zero-order valence-corrected chi connectivity index (χ0v) is 15.6. The molecule has 24 heavy (non-hydrogen) atoms. The third kappa shape index (κ3) is 7.76. The normalized spacial score (nSPS) is 11.8. The number of likely N-dealkylation sites (N-methyl/N-ethyl adjacent to an activating group) is 1. The van der Waals surface area contributed by atoms with Crippen molar-refractivity contribution in [1.29, 1.82) is 0 Å². The fourth-order valence-corrected chi connectivity index (χ4v) is 2.85. The molecule has 1 aromatic rings. The maximum atomic E-state index is 11.9. The van der Waals surface area contributed by atoms with Gasteiger partial charge in [-0.1, -0.05) is 12.1 Å². The second-order valence-corrected chi connectivity index (χ2v) is 7.82. The molecule has 1 amide bonds. The van der Waals surface area contributed by atoms with Gasteiger partial charge in [-0.25, -0.2) is 12.7 Å². The van der Waals surface area contributed by atoms with Crippen molar-refractivity contribution in [3.63, 3.8) is 0 Å². The zero-order chi connectivity index (χ0) is 18.2. The summed E-state index contributed by atoms with van der Waals surface area (Å²) in [5, 5.41) is 2.80. The van der Waals surface area contributed by atoms with Gasteiger partial charge in [0, 0.05) is 32.6 Å². The van der Waals surface area contributed by atoms with Crippen LogP contribution in [0.2, 0.25) is 0 Å². The van der Waals surface area contributed by atoms with E-state index in [0.29, 0.717) is 19.6 Å². The number of carbonyl (C=O) groups excluding carboxylic acids is 1. The third-order valence-corrected chi connectivity index (χ3v) is 4.81. The van der Waals surface area contributed by atoms with Crippen molar-refractivity contribution < 1.29 is 17.9 Å². The smallest absolute Gasteiger partial charge is 0.221 e. The summed E-state index contributed by atoms with van der Waals surface area (Å²) >= 11 is 0. The van der Waals surface area contributed by atoms with Gasteiger partial charge in [-0.3, -0.25) is 4.79 Å². The average Bonchev–Trinajstić information content (AvgIpc) is 2.51. The molecule has 0 bridgehead atoms. The van der Waals surface area contributed by atoms with Crippen LogP contribution in [0.4, 0.5) is 0 Å². The van der Waals surface area contributed by atoms with Gasteiger partial charge in [-0.2, -0.15) is 0 Å². The summed E-state index contributed by atoms with van der Waals surface area (Å²) in [5.74, 6) is 0.582. The molecule has 0 unspecified atom stereocenters. The molecule has 0 saturated heterocycles. The molecule has 7 nitrogen and oxygen atoms in total. The molecule has 0 aliphatic carbocycles. The maximum absolute atomic E-state index is 11.9. The van der Waals surface area contributed by atoms with Crippen LogP contribution in [0.3, 0.4) is 0 Å². The van der Waals surface area contributed by atoms with Gasteiger partial charge in [-0.05, 0) is 31.8 Å². The lowest BCUT2D eigenvalue weighted by Crippen LogP contribution is -2.38. The maximum Gasteiger partial charge on any atom is 0.221 e. The Bertz CT molecular complexity index is 615. The first-order chi connectivity index (χ1) is 11.2. The Morgan fingerprint density at radius 2 is 1.75 bits per heavy atom. The lowest BCUT2D eigenvalue weighted by molar-refractivity contribution is -0.121. The molecule has 1 aromatic carbocycles. The minimum absolute atomic E-state index is 0.136. The number of benzene rings is 1. The number of nitrogens with one attached hydrogen (secondary N) is 1. The Hall–Kier alpha value is -1.64. The Morgan fingerprint density at radius 3 is 2.25 bits per heavy atom. The third-order valence-electron chi connectivity index (χ3n) is 3.50. The number of nitrogens with zero attached hydrogens (tertiary/aromatic N) is 2. The van der Waals surface area contributed by atoms with Crippen LogP contribution < -0.4 is 10.1 Å². The molecule has 0 atom stereocenters. The molecule has 1 N–H and O–H groups in total. The Kier molecular flexibility index (Phi) is 8.17. The molecule has 0 aliphatic rings. The van der Waals surface area contributed by atoms with E-state index < -0.39 is 10.0 Å². The lowest BCUT2D eigenvalue weighted by atomic mass is 10.2. The van der Waals surface area contributed by atoms with E-state index in [1.807, 2.05) is 43.3 Å². The van der Waals surface area contributed by atoms with E-state index in [4.69, 9.17) is 4.74 Å². The van der Waals surface area contributed by atoms with Crippen molar-refractivity contribution in [2.75, 3.05) is 47.1 Å². The summed E-state index contributed by atoms with van der Waals surface area (Å²) < 4.78 is 29.9. The van der Waals surface area contributed by atoms with E-state index in [1.54, 1.807) is 7.11 Å². The van der Waals surface area contributed by atoms with Crippen LogP contribution in [0.15, 0.2) is 24.3 Å². The molecular weight excluding hydrogens is 330 g/mol. The highest BCUT2D eigenvalue weighted by atomic mass is 32.2. The summed E-state index contributed by atoms with van der Waals surface area (Å²) in [4.78, 5) is 13.8. The summed E-state index contributed by atoms with van der Waals surface area (Å²) in [6.07, 6.45) is 1.30. The van der Waals surface area contributed by atoms with Gasteiger partial charge in [-0.15, -0.1) is 0 Å². The molecule has 0 aliphatic heterocycles. The number of amides is 1. The van der Waals surface area contributed by atoms with Gasteiger partial charge >= 0.3 is 0 Å². The SMILES string of the molecule is COc1ccc(CNC(=O)CCN(CCN(C)C)S(C)(=O)=O)cc1. The number of ether oxygens (including phenoxy) is 1. The van der Waals surface area contributed by atoms with Gasteiger partial charge in [0.1, 0.15) is 5.75 Å². The summed E-state index contributed by atoms with van der Waals surface area (Å²) in [5.41, 5.74) is 0.955. The topological polar surface area (TPSA) is 79.0 Å². The van der Waals surface area contributed by atoms with E-state index in [-0.39, 0.29) is 18.9 Å². The van der Waals surface area contributed by atoms with E-state index in [1.165, 1.54) is 4.31 Å². The predicted molar refractivity (Wildman–Crippen MR) is 94.4 cm³/mol. The van der Waals surface area contributed by atoms with Crippen LogP contribution in [-0.2, 0) is 21.4 Å². The molecular formula is C16H27N3O4S. The quantitative estimate of drug-likeness (QED) is 0.661. The molecule has 0 heterocycles. The zero-order valence-electron chi connectivity index (χ0n) is 14.8. The highest BCUT2D eigenvalue weighted by molar-refractivity contribution is 7.88. The van der Waals surface area contributed by atoms with Gasteiger partial charge in [0.25, 0.3) is 0 Å². The molecule has 0 spiro atoms. The van der Waals surface area contributed by atoms with Crippen molar-refractivity contribution in [2.45, 2.75) is 13.0 Å². The number of methoxy groups -OCH3 is 1. The monoisotopic (exact) mass is 357 g/mol. The molecule has 1 rings (SSSR count). The van der Waals surface area contributed by atoms with Crippen molar-refractivity contribution >= 4 is 15.9 Å².